The van der Waals surface area contributed by atoms with Gasteiger partial charge in [-0.3, -0.25) is 4.79 Å². The number of carbonyl (C=O) groups excluding carboxylic acids is 1. The van der Waals surface area contributed by atoms with Crippen LogP contribution in [0.3, 0.4) is 0 Å². The number of rotatable bonds is 7. The molecule has 19 heavy (non-hydrogen) atoms. The molecule has 5 nitrogen and oxygen atoms in total. The summed E-state index contributed by atoms with van der Waals surface area (Å²) in [7, 11) is 1.57. The molecule has 0 fully saturated rings. The molecule has 0 unspecified atom stereocenters. The molecule has 1 amide bonds. The zero-order valence-electron chi connectivity index (χ0n) is 11.6. The second kappa shape index (κ2) is 7.76. The predicted molar refractivity (Wildman–Crippen MR) is 72.2 cm³/mol. The Morgan fingerprint density at radius 1 is 1.47 bits per heavy atom. The Morgan fingerprint density at radius 3 is 2.84 bits per heavy atom. The molecular formula is C14H21NO4. The summed E-state index contributed by atoms with van der Waals surface area (Å²) in [4.78, 5) is 11.5. The van der Waals surface area contributed by atoms with Crippen molar-refractivity contribution in [3.63, 3.8) is 0 Å². The number of hydrogen-bond acceptors (Lipinski definition) is 4. The van der Waals surface area contributed by atoms with Gasteiger partial charge in [0.25, 0.3) is 5.91 Å². The SMILES string of the molecule is COCCNC(=O)COc1ccc(C)cc1[C@@H](C)O. The quantitative estimate of drug-likeness (QED) is 0.728. The molecule has 1 rings (SSSR count). The van der Waals surface area contributed by atoms with E-state index in [1.165, 1.54) is 0 Å². The molecular weight excluding hydrogens is 246 g/mol. The molecule has 0 heterocycles. The summed E-state index contributed by atoms with van der Waals surface area (Å²) < 4.78 is 10.3. The molecule has 0 saturated carbocycles. The highest BCUT2D eigenvalue weighted by Gasteiger charge is 2.11. The second-order valence-corrected chi connectivity index (χ2v) is 4.35. The fourth-order valence-corrected chi connectivity index (χ4v) is 1.61. The second-order valence-electron chi connectivity index (χ2n) is 4.35. The molecule has 0 saturated heterocycles. The largest absolute Gasteiger partial charge is 0.483 e. The number of hydrogen-bond donors (Lipinski definition) is 2. The number of amides is 1. The van der Waals surface area contributed by atoms with Gasteiger partial charge < -0.3 is 19.9 Å². The van der Waals surface area contributed by atoms with E-state index in [2.05, 4.69) is 5.32 Å². The van der Waals surface area contributed by atoms with Crippen molar-refractivity contribution in [1.29, 1.82) is 0 Å². The summed E-state index contributed by atoms with van der Waals surface area (Å²) in [5.74, 6) is 0.316. The van der Waals surface area contributed by atoms with Crippen LogP contribution < -0.4 is 10.1 Å². The van der Waals surface area contributed by atoms with Crippen molar-refractivity contribution < 1.29 is 19.4 Å². The summed E-state index contributed by atoms with van der Waals surface area (Å²) in [5, 5.41) is 12.3. The molecule has 1 aromatic rings. The Kier molecular flexibility index (Phi) is 6.32. The van der Waals surface area contributed by atoms with Crippen LogP contribution in [-0.2, 0) is 9.53 Å². The van der Waals surface area contributed by atoms with Crippen molar-refractivity contribution in [2.45, 2.75) is 20.0 Å². The molecule has 0 aliphatic rings. The number of aliphatic hydroxyl groups excluding tert-OH is 1. The minimum absolute atomic E-state index is 0.0769. The third-order valence-corrected chi connectivity index (χ3v) is 2.60. The van der Waals surface area contributed by atoms with E-state index in [0.29, 0.717) is 24.5 Å². The Balaban J connectivity index is 2.55. The van der Waals surface area contributed by atoms with Crippen LogP contribution in [-0.4, -0.2) is 37.9 Å². The van der Waals surface area contributed by atoms with Crippen LogP contribution in [0.4, 0.5) is 0 Å². The van der Waals surface area contributed by atoms with Gasteiger partial charge in [0.05, 0.1) is 12.7 Å². The van der Waals surface area contributed by atoms with E-state index < -0.39 is 6.10 Å². The number of aliphatic hydroxyl groups is 1. The van der Waals surface area contributed by atoms with Crippen LogP contribution in [0, 0.1) is 6.92 Å². The average molecular weight is 267 g/mol. The number of methoxy groups -OCH3 is 1. The van der Waals surface area contributed by atoms with Crippen LogP contribution in [0.1, 0.15) is 24.2 Å². The topological polar surface area (TPSA) is 67.8 Å². The van der Waals surface area contributed by atoms with E-state index in [1.54, 1.807) is 20.1 Å². The van der Waals surface area contributed by atoms with Crippen LogP contribution in [0.2, 0.25) is 0 Å². The number of aryl methyl sites for hydroxylation is 1. The first-order chi connectivity index (χ1) is 9.04. The Morgan fingerprint density at radius 2 is 2.21 bits per heavy atom. The molecule has 1 atom stereocenters. The number of carbonyl (C=O) groups is 1. The van der Waals surface area contributed by atoms with E-state index in [4.69, 9.17) is 9.47 Å². The first-order valence-corrected chi connectivity index (χ1v) is 6.21. The molecule has 0 spiro atoms. The lowest BCUT2D eigenvalue weighted by atomic mass is 10.1. The Hall–Kier alpha value is -1.59. The fraction of sp³-hybridized carbons (Fsp3) is 0.500. The lowest BCUT2D eigenvalue weighted by Crippen LogP contribution is -2.31. The van der Waals surface area contributed by atoms with Gasteiger partial charge >= 0.3 is 0 Å². The number of benzene rings is 1. The molecule has 0 bridgehead atoms. The van der Waals surface area contributed by atoms with Crippen molar-refractivity contribution in [2.24, 2.45) is 0 Å². The van der Waals surface area contributed by atoms with Crippen LogP contribution in [0.15, 0.2) is 18.2 Å². The standard InChI is InChI=1S/C14H21NO4/c1-10-4-5-13(12(8-10)11(2)16)19-9-14(17)15-6-7-18-3/h4-5,8,11,16H,6-7,9H2,1-3H3,(H,15,17)/t11-/m1/s1. The maximum Gasteiger partial charge on any atom is 0.258 e. The monoisotopic (exact) mass is 267 g/mol. The van der Waals surface area contributed by atoms with Crippen LogP contribution >= 0.6 is 0 Å². The Bertz CT molecular complexity index is 418. The maximum atomic E-state index is 11.5. The number of nitrogens with one attached hydrogen (secondary N) is 1. The molecule has 0 radical (unpaired) electrons. The first kappa shape index (κ1) is 15.5. The van der Waals surface area contributed by atoms with Crippen molar-refractivity contribution in [3.05, 3.63) is 29.3 Å². The minimum atomic E-state index is -0.633. The smallest absolute Gasteiger partial charge is 0.258 e. The van der Waals surface area contributed by atoms with Crippen LogP contribution in [0.5, 0.6) is 5.75 Å². The summed E-state index contributed by atoms with van der Waals surface area (Å²) in [6.45, 7) is 4.45. The van der Waals surface area contributed by atoms with E-state index in [9.17, 15) is 9.90 Å². The summed E-state index contributed by atoms with van der Waals surface area (Å²) in [6.07, 6.45) is -0.633. The van der Waals surface area contributed by atoms with Gasteiger partial charge in [0.1, 0.15) is 5.75 Å². The fourth-order valence-electron chi connectivity index (χ4n) is 1.61. The molecule has 5 heteroatoms. The highest BCUT2D eigenvalue weighted by Crippen LogP contribution is 2.26. The van der Waals surface area contributed by atoms with E-state index >= 15 is 0 Å². The van der Waals surface area contributed by atoms with Gasteiger partial charge in [-0.15, -0.1) is 0 Å². The van der Waals surface area contributed by atoms with Crippen molar-refractivity contribution in [3.8, 4) is 5.75 Å². The normalized spacial score (nSPS) is 12.0. The van der Waals surface area contributed by atoms with Gasteiger partial charge in [-0.2, -0.15) is 0 Å². The molecule has 2 N–H and O–H groups in total. The Labute approximate surface area is 113 Å². The van der Waals surface area contributed by atoms with Gasteiger partial charge in [-0.05, 0) is 26.0 Å². The first-order valence-electron chi connectivity index (χ1n) is 6.21. The average Bonchev–Trinajstić information content (AvgIpc) is 2.37. The van der Waals surface area contributed by atoms with Crippen molar-refractivity contribution in [1.82, 2.24) is 5.32 Å². The molecule has 0 aliphatic heterocycles. The lowest BCUT2D eigenvalue weighted by Gasteiger charge is -2.14. The predicted octanol–water partition coefficient (Wildman–Crippen LogP) is 1.19. The van der Waals surface area contributed by atoms with Crippen molar-refractivity contribution in [2.75, 3.05) is 26.9 Å². The third kappa shape index (κ3) is 5.28. The van der Waals surface area contributed by atoms with Gasteiger partial charge in [0, 0.05) is 19.2 Å². The van der Waals surface area contributed by atoms with Crippen LogP contribution in [0.25, 0.3) is 0 Å². The highest BCUT2D eigenvalue weighted by molar-refractivity contribution is 5.77. The van der Waals surface area contributed by atoms with Gasteiger partial charge in [0.2, 0.25) is 0 Å². The summed E-state index contributed by atoms with van der Waals surface area (Å²) >= 11 is 0. The molecule has 0 aromatic heterocycles. The molecule has 1 aromatic carbocycles. The van der Waals surface area contributed by atoms with E-state index in [-0.39, 0.29) is 12.5 Å². The van der Waals surface area contributed by atoms with E-state index in [1.807, 2.05) is 19.1 Å². The summed E-state index contributed by atoms with van der Waals surface area (Å²) in [5.41, 5.74) is 1.72. The minimum Gasteiger partial charge on any atom is -0.483 e. The zero-order chi connectivity index (χ0) is 14.3. The maximum absolute atomic E-state index is 11.5. The van der Waals surface area contributed by atoms with Gasteiger partial charge in [0.15, 0.2) is 6.61 Å². The molecule has 106 valence electrons. The lowest BCUT2D eigenvalue weighted by molar-refractivity contribution is -0.123. The highest BCUT2D eigenvalue weighted by atomic mass is 16.5. The van der Waals surface area contributed by atoms with E-state index in [0.717, 1.165) is 5.56 Å². The number of ether oxygens (including phenoxy) is 2. The molecule has 0 aliphatic carbocycles. The van der Waals surface area contributed by atoms with Crippen molar-refractivity contribution >= 4 is 5.91 Å². The van der Waals surface area contributed by atoms with Gasteiger partial charge in [-0.1, -0.05) is 11.6 Å². The third-order valence-electron chi connectivity index (χ3n) is 2.60. The summed E-state index contributed by atoms with van der Waals surface area (Å²) in [6, 6.07) is 5.49. The zero-order valence-corrected chi connectivity index (χ0v) is 11.6. The van der Waals surface area contributed by atoms with Gasteiger partial charge in [-0.25, -0.2) is 0 Å².